The Kier molecular flexibility index (Phi) is 3.17. The Bertz CT molecular complexity index is 497. The SMILES string of the molecule is NCCc1nc(-c2cc(Cl)ccc2F)n[nH]1. The summed E-state index contributed by atoms with van der Waals surface area (Å²) in [5.41, 5.74) is 5.66. The van der Waals surface area contributed by atoms with Crippen LogP contribution in [0.25, 0.3) is 11.4 Å². The Morgan fingerprint density at radius 3 is 3.00 bits per heavy atom. The van der Waals surface area contributed by atoms with Crippen molar-refractivity contribution < 1.29 is 4.39 Å². The monoisotopic (exact) mass is 240 g/mol. The molecule has 0 aliphatic rings. The number of nitrogens with zero attached hydrogens (tertiary/aromatic N) is 2. The summed E-state index contributed by atoms with van der Waals surface area (Å²) in [6, 6.07) is 4.26. The van der Waals surface area contributed by atoms with E-state index in [0.717, 1.165) is 0 Å². The van der Waals surface area contributed by atoms with Crippen molar-refractivity contribution in [3.8, 4) is 11.4 Å². The number of aromatic amines is 1. The minimum atomic E-state index is -0.400. The third-order valence-corrected chi connectivity index (χ3v) is 2.32. The van der Waals surface area contributed by atoms with Gasteiger partial charge in [0.05, 0.1) is 5.56 Å². The van der Waals surface area contributed by atoms with E-state index in [1.54, 1.807) is 0 Å². The van der Waals surface area contributed by atoms with Crippen molar-refractivity contribution in [2.24, 2.45) is 5.73 Å². The summed E-state index contributed by atoms with van der Waals surface area (Å²) in [7, 11) is 0. The van der Waals surface area contributed by atoms with Crippen molar-refractivity contribution in [2.75, 3.05) is 6.54 Å². The van der Waals surface area contributed by atoms with Gasteiger partial charge in [0.1, 0.15) is 11.6 Å². The highest BCUT2D eigenvalue weighted by Gasteiger charge is 2.11. The predicted molar refractivity (Wildman–Crippen MR) is 59.5 cm³/mol. The van der Waals surface area contributed by atoms with Gasteiger partial charge in [-0.25, -0.2) is 9.37 Å². The Morgan fingerprint density at radius 1 is 1.44 bits per heavy atom. The number of aromatic nitrogens is 3. The van der Waals surface area contributed by atoms with Gasteiger partial charge in [0.25, 0.3) is 0 Å². The predicted octanol–water partition coefficient (Wildman–Crippen LogP) is 1.77. The van der Waals surface area contributed by atoms with Crippen LogP contribution in [-0.4, -0.2) is 21.7 Å². The summed E-state index contributed by atoms with van der Waals surface area (Å²) in [4.78, 5) is 4.13. The summed E-state index contributed by atoms with van der Waals surface area (Å²) in [6.45, 7) is 0.465. The van der Waals surface area contributed by atoms with E-state index in [9.17, 15) is 4.39 Å². The first-order chi connectivity index (χ1) is 7.70. The lowest BCUT2D eigenvalue weighted by Crippen LogP contribution is -2.03. The van der Waals surface area contributed by atoms with Crippen LogP contribution < -0.4 is 5.73 Å². The van der Waals surface area contributed by atoms with E-state index in [1.807, 2.05) is 0 Å². The molecule has 0 aliphatic heterocycles. The molecular weight excluding hydrogens is 231 g/mol. The molecular formula is C10H10ClFN4. The molecule has 0 radical (unpaired) electrons. The zero-order chi connectivity index (χ0) is 11.5. The molecule has 1 aromatic carbocycles. The van der Waals surface area contributed by atoms with Crippen molar-refractivity contribution >= 4 is 11.6 Å². The van der Waals surface area contributed by atoms with E-state index in [4.69, 9.17) is 17.3 Å². The second kappa shape index (κ2) is 4.59. The van der Waals surface area contributed by atoms with Crippen molar-refractivity contribution in [1.29, 1.82) is 0 Å². The molecule has 0 fully saturated rings. The Labute approximate surface area is 96.6 Å². The number of halogens is 2. The first kappa shape index (κ1) is 11.0. The fourth-order valence-corrected chi connectivity index (χ4v) is 1.51. The minimum absolute atomic E-state index is 0.284. The molecule has 84 valence electrons. The highest BCUT2D eigenvalue weighted by Crippen LogP contribution is 2.22. The van der Waals surface area contributed by atoms with Crippen molar-refractivity contribution in [2.45, 2.75) is 6.42 Å². The van der Waals surface area contributed by atoms with Crippen LogP contribution in [0.5, 0.6) is 0 Å². The number of hydrogen-bond donors (Lipinski definition) is 2. The maximum Gasteiger partial charge on any atom is 0.184 e. The third kappa shape index (κ3) is 2.20. The molecule has 16 heavy (non-hydrogen) atoms. The molecule has 3 N–H and O–H groups in total. The average molecular weight is 241 g/mol. The Morgan fingerprint density at radius 2 is 2.25 bits per heavy atom. The molecule has 0 bridgehead atoms. The fraction of sp³-hybridized carbons (Fsp3) is 0.200. The van der Waals surface area contributed by atoms with Gasteiger partial charge in [-0.2, -0.15) is 5.10 Å². The largest absolute Gasteiger partial charge is 0.330 e. The van der Waals surface area contributed by atoms with E-state index in [-0.39, 0.29) is 5.56 Å². The first-order valence-electron chi connectivity index (χ1n) is 4.77. The van der Waals surface area contributed by atoms with Gasteiger partial charge in [-0.3, -0.25) is 5.10 Å². The molecule has 0 atom stereocenters. The molecule has 0 unspecified atom stereocenters. The van der Waals surface area contributed by atoms with Crippen LogP contribution in [-0.2, 0) is 6.42 Å². The van der Waals surface area contributed by atoms with Crippen LogP contribution in [0, 0.1) is 5.82 Å². The van der Waals surface area contributed by atoms with Gasteiger partial charge in [0.2, 0.25) is 0 Å². The Hall–Kier alpha value is -1.46. The average Bonchev–Trinajstić information content (AvgIpc) is 2.71. The van der Waals surface area contributed by atoms with Crippen LogP contribution in [0.15, 0.2) is 18.2 Å². The maximum absolute atomic E-state index is 13.5. The Balaban J connectivity index is 2.38. The van der Waals surface area contributed by atoms with Gasteiger partial charge in [-0.15, -0.1) is 0 Å². The van der Waals surface area contributed by atoms with E-state index in [0.29, 0.717) is 29.6 Å². The van der Waals surface area contributed by atoms with Crippen LogP contribution in [0.2, 0.25) is 5.02 Å². The summed E-state index contributed by atoms with van der Waals surface area (Å²) in [5.74, 6) is 0.531. The van der Waals surface area contributed by atoms with Gasteiger partial charge in [-0.05, 0) is 24.7 Å². The molecule has 0 amide bonds. The summed E-state index contributed by atoms with van der Waals surface area (Å²) in [5, 5.41) is 7.06. The van der Waals surface area contributed by atoms with Gasteiger partial charge in [0, 0.05) is 11.4 Å². The number of hydrogen-bond acceptors (Lipinski definition) is 3. The van der Waals surface area contributed by atoms with E-state index in [2.05, 4.69) is 15.2 Å². The topological polar surface area (TPSA) is 67.6 Å². The molecule has 0 spiro atoms. The molecule has 0 saturated heterocycles. The van der Waals surface area contributed by atoms with Crippen molar-refractivity contribution in [3.05, 3.63) is 34.9 Å². The quantitative estimate of drug-likeness (QED) is 0.859. The molecule has 0 aliphatic carbocycles. The van der Waals surface area contributed by atoms with Crippen molar-refractivity contribution in [3.63, 3.8) is 0 Å². The van der Waals surface area contributed by atoms with Gasteiger partial charge in [-0.1, -0.05) is 11.6 Å². The van der Waals surface area contributed by atoms with E-state index >= 15 is 0 Å². The summed E-state index contributed by atoms with van der Waals surface area (Å²) >= 11 is 5.78. The normalized spacial score (nSPS) is 10.7. The number of rotatable bonds is 3. The van der Waals surface area contributed by atoms with Gasteiger partial charge >= 0.3 is 0 Å². The minimum Gasteiger partial charge on any atom is -0.330 e. The van der Waals surface area contributed by atoms with Gasteiger partial charge < -0.3 is 5.73 Å². The second-order valence-corrected chi connectivity index (χ2v) is 3.70. The lowest BCUT2D eigenvalue weighted by molar-refractivity contribution is 0.630. The number of nitrogens with two attached hydrogens (primary N) is 1. The zero-order valence-electron chi connectivity index (χ0n) is 8.37. The lowest BCUT2D eigenvalue weighted by atomic mass is 10.2. The molecule has 4 nitrogen and oxygen atoms in total. The molecule has 2 aromatic rings. The highest BCUT2D eigenvalue weighted by atomic mass is 35.5. The highest BCUT2D eigenvalue weighted by molar-refractivity contribution is 6.30. The number of nitrogens with one attached hydrogen (secondary N) is 1. The van der Waals surface area contributed by atoms with E-state index in [1.165, 1.54) is 18.2 Å². The number of H-pyrrole nitrogens is 1. The standard InChI is InChI=1S/C10H10ClFN4/c11-6-1-2-8(12)7(5-6)10-14-9(3-4-13)15-16-10/h1-2,5H,3-4,13H2,(H,14,15,16). The molecule has 1 heterocycles. The second-order valence-electron chi connectivity index (χ2n) is 3.27. The van der Waals surface area contributed by atoms with Crippen LogP contribution in [0.3, 0.4) is 0 Å². The fourth-order valence-electron chi connectivity index (χ4n) is 1.33. The van der Waals surface area contributed by atoms with Crippen LogP contribution in [0.4, 0.5) is 4.39 Å². The summed E-state index contributed by atoms with van der Waals surface area (Å²) in [6.07, 6.45) is 0.579. The molecule has 6 heteroatoms. The van der Waals surface area contributed by atoms with Gasteiger partial charge in [0.15, 0.2) is 5.82 Å². The van der Waals surface area contributed by atoms with Crippen LogP contribution >= 0.6 is 11.6 Å². The number of benzene rings is 1. The van der Waals surface area contributed by atoms with Crippen LogP contribution in [0.1, 0.15) is 5.82 Å². The third-order valence-electron chi connectivity index (χ3n) is 2.08. The first-order valence-corrected chi connectivity index (χ1v) is 5.15. The molecule has 0 saturated carbocycles. The molecule has 2 rings (SSSR count). The lowest BCUT2D eigenvalue weighted by Gasteiger charge is -1.98. The maximum atomic E-state index is 13.5. The zero-order valence-corrected chi connectivity index (χ0v) is 9.13. The smallest absolute Gasteiger partial charge is 0.184 e. The van der Waals surface area contributed by atoms with Crippen molar-refractivity contribution in [1.82, 2.24) is 15.2 Å². The van der Waals surface area contributed by atoms with E-state index < -0.39 is 5.82 Å². The molecule has 1 aromatic heterocycles. The summed E-state index contributed by atoms with van der Waals surface area (Å²) < 4.78 is 13.5.